The van der Waals surface area contributed by atoms with Gasteiger partial charge in [-0.05, 0) is 17.7 Å². The predicted octanol–water partition coefficient (Wildman–Crippen LogP) is 3.08. The summed E-state index contributed by atoms with van der Waals surface area (Å²) in [6.07, 6.45) is 0. The average Bonchev–Trinajstić information content (AvgIpc) is 2.49. The Morgan fingerprint density at radius 2 is 1.62 bits per heavy atom. The molecule has 110 valence electrons. The zero-order valence-electron chi connectivity index (χ0n) is 11.2. The molecule has 0 aliphatic carbocycles. The molecule has 0 aromatic heterocycles. The number of benzene rings is 2. The van der Waals surface area contributed by atoms with Crippen molar-refractivity contribution >= 4 is 11.6 Å². The minimum Gasteiger partial charge on any atom is -0.379 e. The molecule has 21 heavy (non-hydrogen) atoms. The van der Waals surface area contributed by atoms with Crippen LogP contribution in [0.4, 0.5) is 18.9 Å². The fourth-order valence-electron chi connectivity index (χ4n) is 1.77. The highest BCUT2D eigenvalue weighted by molar-refractivity contribution is 5.93. The van der Waals surface area contributed by atoms with Crippen molar-refractivity contribution in [1.82, 2.24) is 5.32 Å². The zero-order valence-corrected chi connectivity index (χ0v) is 11.2. The molecule has 0 aliphatic rings. The highest BCUT2D eigenvalue weighted by atomic mass is 19.2. The maximum atomic E-state index is 13.4. The van der Waals surface area contributed by atoms with Crippen LogP contribution in [0, 0.1) is 17.5 Å². The van der Waals surface area contributed by atoms with Gasteiger partial charge in [0, 0.05) is 31.3 Å². The highest BCUT2D eigenvalue weighted by Gasteiger charge is 2.09. The molecule has 2 rings (SSSR count). The Hall–Kier alpha value is -2.50. The van der Waals surface area contributed by atoms with Crippen molar-refractivity contribution in [3.8, 4) is 0 Å². The van der Waals surface area contributed by atoms with Gasteiger partial charge < -0.3 is 10.6 Å². The molecule has 0 fully saturated rings. The Bertz CT molecular complexity index is 657. The van der Waals surface area contributed by atoms with Gasteiger partial charge in [-0.15, -0.1) is 0 Å². The van der Waals surface area contributed by atoms with Crippen LogP contribution in [0.15, 0.2) is 36.4 Å². The number of nitrogens with one attached hydrogen (secondary N) is 2. The topological polar surface area (TPSA) is 41.1 Å². The third-order valence-electron chi connectivity index (χ3n) is 2.94. The van der Waals surface area contributed by atoms with E-state index in [1.807, 2.05) is 0 Å². The number of carbonyl (C=O) groups is 1. The molecule has 0 heterocycles. The molecule has 0 saturated heterocycles. The van der Waals surface area contributed by atoms with Crippen LogP contribution < -0.4 is 10.6 Å². The molecule has 0 atom stereocenters. The number of amides is 1. The molecule has 0 aliphatic heterocycles. The third kappa shape index (κ3) is 3.53. The van der Waals surface area contributed by atoms with Crippen molar-refractivity contribution in [2.45, 2.75) is 6.54 Å². The number of rotatable bonds is 4. The molecule has 0 spiro atoms. The molecule has 0 bridgehead atoms. The van der Waals surface area contributed by atoms with E-state index in [1.54, 1.807) is 24.3 Å². The summed E-state index contributed by atoms with van der Waals surface area (Å²) >= 11 is 0. The maximum Gasteiger partial charge on any atom is 0.251 e. The number of anilines is 1. The van der Waals surface area contributed by atoms with Crippen LogP contribution in [0.2, 0.25) is 0 Å². The predicted molar refractivity (Wildman–Crippen MR) is 73.5 cm³/mol. The van der Waals surface area contributed by atoms with Crippen LogP contribution in [0.3, 0.4) is 0 Å². The number of halogens is 3. The zero-order chi connectivity index (χ0) is 15.4. The molecular formula is C15H13F3N2O. The first-order chi connectivity index (χ1) is 10.0. The lowest BCUT2D eigenvalue weighted by Crippen LogP contribution is -2.17. The normalized spacial score (nSPS) is 10.3. The van der Waals surface area contributed by atoms with Gasteiger partial charge in [-0.3, -0.25) is 4.79 Å². The van der Waals surface area contributed by atoms with E-state index < -0.39 is 17.5 Å². The standard InChI is InChI=1S/C15H13F3N2O/c1-19-15(21)10-4-2-9(3-5-10)8-20-14-7-12(17)11(16)6-13(14)18/h2-7,20H,8H2,1H3,(H,19,21). The second kappa shape index (κ2) is 6.30. The molecule has 2 aromatic rings. The fraction of sp³-hybridized carbons (Fsp3) is 0.133. The largest absolute Gasteiger partial charge is 0.379 e. The van der Waals surface area contributed by atoms with Gasteiger partial charge in [0.1, 0.15) is 5.82 Å². The van der Waals surface area contributed by atoms with Gasteiger partial charge in [0.15, 0.2) is 11.6 Å². The van der Waals surface area contributed by atoms with E-state index >= 15 is 0 Å². The first kappa shape index (κ1) is 14.9. The summed E-state index contributed by atoms with van der Waals surface area (Å²) < 4.78 is 39.3. The van der Waals surface area contributed by atoms with Crippen molar-refractivity contribution in [3.63, 3.8) is 0 Å². The number of hydrogen-bond donors (Lipinski definition) is 2. The van der Waals surface area contributed by atoms with E-state index in [4.69, 9.17) is 0 Å². The summed E-state index contributed by atoms with van der Waals surface area (Å²) in [4.78, 5) is 11.4. The second-order valence-corrected chi connectivity index (χ2v) is 4.38. The number of hydrogen-bond acceptors (Lipinski definition) is 2. The van der Waals surface area contributed by atoms with Crippen LogP contribution in [0.1, 0.15) is 15.9 Å². The van der Waals surface area contributed by atoms with Crippen LogP contribution in [0.5, 0.6) is 0 Å². The molecule has 2 N–H and O–H groups in total. The Morgan fingerprint density at radius 3 is 2.24 bits per heavy atom. The Balaban J connectivity index is 2.06. The maximum absolute atomic E-state index is 13.4. The molecule has 1 amide bonds. The second-order valence-electron chi connectivity index (χ2n) is 4.38. The average molecular weight is 294 g/mol. The summed E-state index contributed by atoms with van der Waals surface area (Å²) in [5, 5.41) is 5.17. The molecule has 2 aromatic carbocycles. The van der Waals surface area contributed by atoms with Crippen molar-refractivity contribution in [2.75, 3.05) is 12.4 Å². The first-order valence-corrected chi connectivity index (χ1v) is 6.20. The van der Waals surface area contributed by atoms with E-state index in [1.165, 1.54) is 7.05 Å². The minimum absolute atomic E-state index is 0.121. The van der Waals surface area contributed by atoms with Gasteiger partial charge in [0.25, 0.3) is 5.91 Å². The van der Waals surface area contributed by atoms with Crippen molar-refractivity contribution in [1.29, 1.82) is 0 Å². The van der Waals surface area contributed by atoms with Crippen LogP contribution >= 0.6 is 0 Å². The summed E-state index contributed by atoms with van der Waals surface area (Å²) in [7, 11) is 1.53. The lowest BCUT2D eigenvalue weighted by Gasteiger charge is -2.09. The SMILES string of the molecule is CNC(=O)c1ccc(CNc2cc(F)c(F)cc2F)cc1. The summed E-state index contributed by atoms with van der Waals surface area (Å²) in [5.74, 6) is -3.42. The van der Waals surface area contributed by atoms with E-state index in [2.05, 4.69) is 10.6 Å². The van der Waals surface area contributed by atoms with Crippen molar-refractivity contribution < 1.29 is 18.0 Å². The van der Waals surface area contributed by atoms with Gasteiger partial charge in [0.2, 0.25) is 0 Å². The van der Waals surface area contributed by atoms with E-state index in [0.717, 1.165) is 11.6 Å². The molecule has 0 saturated carbocycles. The van der Waals surface area contributed by atoms with E-state index in [0.29, 0.717) is 11.6 Å². The molecular weight excluding hydrogens is 281 g/mol. The van der Waals surface area contributed by atoms with Gasteiger partial charge in [-0.2, -0.15) is 0 Å². The molecule has 0 unspecified atom stereocenters. The van der Waals surface area contributed by atoms with Gasteiger partial charge in [0.05, 0.1) is 5.69 Å². The fourth-order valence-corrected chi connectivity index (χ4v) is 1.77. The van der Waals surface area contributed by atoms with E-state index in [9.17, 15) is 18.0 Å². The Kier molecular flexibility index (Phi) is 4.47. The van der Waals surface area contributed by atoms with E-state index in [-0.39, 0.29) is 18.1 Å². The Labute approximate surface area is 119 Å². The lowest BCUT2D eigenvalue weighted by atomic mass is 10.1. The highest BCUT2D eigenvalue weighted by Crippen LogP contribution is 2.19. The quantitative estimate of drug-likeness (QED) is 0.851. The third-order valence-corrected chi connectivity index (χ3v) is 2.94. The van der Waals surface area contributed by atoms with Crippen LogP contribution in [0.25, 0.3) is 0 Å². The van der Waals surface area contributed by atoms with Gasteiger partial charge in [-0.1, -0.05) is 12.1 Å². The van der Waals surface area contributed by atoms with Crippen LogP contribution in [-0.4, -0.2) is 13.0 Å². The van der Waals surface area contributed by atoms with Gasteiger partial charge >= 0.3 is 0 Å². The molecule has 6 heteroatoms. The van der Waals surface area contributed by atoms with Crippen molar-refractivity contribution in [2.24, 2.45) is 0 Å². The number of carbonyl (C=O) groups excluding carboxylic acids is 1. The summed E-state index contributed by atoms with van der Waals surface area (Å²) in [6, 6.07) is 7.88. The lowest BCUT2D eigenvalue weighted by molar-refractivity contribution is 0.0963. The minimum atomic E-state index is -1.23. The smallest absolute Gasteiger partial charge is 0.251 e. The van der Waals surface area contributed by atoms with Crippen LogP contribution in [-0.2, 0) is 6.54 Å². The monoisotopic (exact) mass is 294 g/mol. The molecule has 0 radical (unpaired) electrons. The first-order valence-electron chi connectivity index (χ1n) is 6.20. The Morgan fingerprint density at radius 1 is 1.00 bits per heavy atom. The van der Waals surface area contributed by atoms with Gasteiger partial charge in [-0.25, -0.2) is 13.2 Å². The molecule has 3 nitrogen and oxygen atoms in total. The summed E-state index contributed by atoms with van der Waals surface area (Å²) in [5.41, 5.74) is 1.15. The summed E-state index contributed by atoms with van der Waals surface area (Å²) in [6.45, 7) is 0.218. The van der Waals surface area contributed by atoms with Crippen molar-refractivity contribution in [3.05, 3.63) is 65.0 Å².